The van der Waals surface area contributed by atoms with Gasteiger partial charge in [0, 0.05) is 6.07 Å². The van der Waals surface area contributed by atoms with Gasteiger partial charge in [-0.25, -0.2) is 4.79 Å². The maximum absolute atomic E-state index is 10.4. The molecule has 0 saturated carbocycles. The lowest BCUT2D eigenvalue weighted by Gasteiger charge is -2.06. The van der Waals surface area contributed by atoms with Crippen LogP contribution in [0.5, 0.6) is 0 Å². The molecule has 1 aromatic carbocycles. The van der Waals surface area contributed by atoms with E-state index < -0.39 is 17.0 Å². The molecule has 0 saturated heterocycles. The van der Waals surface area contributed by atoms with Gasteiger partial charge in [0.2, 0.25) is 0 Å². The highest BCUT2D eigenvalue weighted by Gasteiger charge is 2.19. The van der Waals surface area contributed by atoms with Crippen molar-refractivity contribution < 1.29 is 19.9 Å². The van der Waals surface area contributed by atoms with Crippen molar-refractivity contribution in [1.82, 2.24) is 0 Å². The molecule has 0 bridgehead atoms. The molecular formula is C8H8N2O5. The molecule has 80 valence electrons. The number of carbonyl (C=O) groups is 1. The Morgan fingerprint density at radius 2 is 2.13 bits per heavy atom. The van der Waals surface area contributed by atoms with Crippen LogP contribution in [0.25, 0.3) is 0 Å². The molecule has 0 aliphatic heterocycles. The number of rotatable bonds is 3. The largest absolute Gasteiger partial charge is 0.479 e. The van der Waals surface area contributed by atoms with Crippen LogP contribution in [-0.2, 0) is 4.79 Å². The van der Waals surface area contributed by atoms with Crippen molar-refractivity contribution >= 4 is 17.3 Å². The molecule has 0 amide bonds. The highest BCUT2D eigenvalue weighted by molar-refractivity contribution is 5.75. The molecule has 1 aromatic rings. The molecule has 1 rings (SSSR count). The SMILES string of the molecule is Nc1cc(C(O)C(=O)O)ccc1[N+](=O)[O-]. The van der Waals surface area contributed by atoms with Gasteiger partial charge in [0.05, 0.1) is 4.92 Å². The summed E-state index contributed by atoms with van der Waals surface area (Å²) in [4.78, 5) is 20.1. The number of anilines is 1. The summed E-state index contributed by atoms with van der Waals surface area (Å²) in [5, 5.41) is 28.0. The van der Waals surface area contributed by atoms with Gasteiger partial charge in [-0.3, -0.25) is 10.1 Å². The number of hydrogen-bond donors (Lipinski definition) is 3. The average Bonchev–Trinajstić information content (AvgIpc) is 2.15. The molecular weight excluding hydrogens is 204 g/mol. The van der Waals surface area contributed by atoms with Crippen molar-refractivity contribution in [3.05, 3.63) is 33.9 Å². The van der Waals surface area contributed by atoms with Crippen LogP contribution in [0.3, 0.4) is 0 Å². The second kappa shape index (κ2) is 3.93. The first-order chi connectivity index (χ1) is 6.93. The minimum absolute atomic E-state index is 0.00519. The van der Waals surface area contributed by atoms with E-state index in [0.717, 1.165) is 18.2 Å². The molecule has 0 aromatic heterocycles. The number of hydrogen-bond acceptors (Lipinski definition) is 5. The molecule has 0 heterocycles. The van der Waals surface area contributed by atoms with E-state index >= 15 is 0 Å². The van der Waals surface area contributed by atoms with Crippen molar-refractivity contribution in [3.8, 4) is 0 Å². The summed E-state index contributed by atoms with van der Waals surface area (Å²) in [5.74, 6) is -1.44. The van der Waals surface area contributed by atoms with Gasteiger partial charge in [-0.2, -0.15) is 0 Å². The summed E-state index contributed by atoms with van der Waals surface area (Å²) in [6.07, 6.45) is -1.73. The van der Waals surface area contributed by atoms with Crippen molar-refractivity contribution in [2.45, 2.75) is 6.10 Å². The van der Waals surface area contributed by atoms with E-state index in [1.165, 1.54) is 0 Å². The predicted molar refractivity (Wildman–Crippen MR) is 50.1 cm³/mol. The summed E-state index contributed by atoms with van der Waals surface area (Å²) in [5.41, 5.74) is 4.81. The van der Waals surface area contributed by atoms with Crippen molar-refractivity contribution in [2.75, 3.05) is 5.73 Å². The zero-order chi connectivity index (χ0) is 11.6. The van der Waals surface area contributed by atoms with Crippen LogP contribution in [0.1, 0.15) is 11.7 Å². The van der Waals surface area contributed by atoms with Crippen LogP contribution in [0.15, 0.2) is 18.2 Å². The van der Waals surface area contributed by atoms with Crippen molar-refractivity contribution in [1.29, 1.82) is 0 Å². The van der Waals surface area contributed by atoms with Crippen molar-refractivity contribution in [3.63, 3.8) is 0 Å². The average molecular weight is 212 g/mol. The number of nitro groups is 1. The van der Waals surface area contributed by atoms with E-state index in [1.54, 1.807) is 0 Å². The fraction of sp³-hybridized carbons (Fsp3) is 0.125. The topological polar surface area (TPSA) is 127 Å². The third-order valence-electron chi connectivity index (χ3n) is 1.80. The van der Waals surface area contributed by atoms with Gasteiger partial charge >= 0.3 is 5.97 Å². The third-order valence-corrected chi connectivity index (χ3v) is 1.80. The summed E-state index contributed by atoms with van der Waals surface area (Å²) in [7, 11) is 0. The highest BCUT2D eigenvalue weighted by Crippen LogP contribution is 2.25. The fourth-order valence-electron chi connectivity index (χ4n) is 1.05. The summed E-state index contributed by atoms with van der Waals surface area (Å²) >= 11 is 0. The number of nitrogens with zero attached hydrogens (tertiary/aromatic N) is 1. The molecule has 0 fully saturated rings. The molecule has 15 heavy (non-hydrogen) atoms. The van der Waals surface area contributed by atoms with E-state index in [2.05, 4.69) is 0 Å². The second-order valence-corrected chi connectivity index (χ2v) is 2.82. The number of carboxylic acids is 1. The lowest BCUT2D eigenvalue weighted by molar-refractivity contribution is -0.383. The van der Waals surface area contributed by atoms with Gasteiger partial charge in [-0.15, -0.1) is 0 Å². The van der Waals surface area contributed by atoms with E-state index in [1.807, 2.05) is 0 Å². The van der Waals surface area contributed by atoms with Crippen LogP contribution in [-0.4, -0.2) is 21.1 Å². The summed E-state index contributed by atoms with van der Waals surface area (Å²) < 4.78 is 0. The lowest BCUT2D eigenvalue weighted by atomic mass is 10.1. The zero-order valence-corrected chi connectivity index (χ0v) is 7.45. The zero-order valence-electron chi connectivity index (χ0n) is 7.45. The first-order valence-electron chi connectivity index (χ1n) is 3.88. The molecule has 7 nitrogen and oxygen atoms in total. The normalized spacial score (nSPS) is 12.1. The maximum atomic E-state index is 10.4. The Morgan fingerprint density at radius 1 is 1.53 bits per heavy atom. The molecule has 1 atom stereocenters. The van der Waals surface area contributed by atoms with E-state index in [4.69, 9.17) is 15.9 Å². The van der Waals surface area contributed by atoms with Crippen LogP contribution < -0.4 is 5.73 Å². The number of aliphatic hydroxyl groups excluding tert-OH is 1. The quantitative estimate of drug-likeness (QED) is 0.375. The van der Waals surface area contributed by atoms with Crippen LogP contribution in [0, 0.1) is 10.1 Å². The maximum Gasteiger partial charge on any atom is 0.337 e. The Morgan fingerprint density at radius 3 is 2.53 bits per heavy atom. The first-order valence-corrected chi connectivity index (χ1v) is 3.88. The van der Waals surface area contributed by atoms with Crippen LogP contribution in [0.4, 0.5) is 11.4 Å². The monoisotopic (exact) mass is 212 g/mol. The Kier molecular flexibility index (Phi) is 2.86. The number of aliphatic carboxylic acids is 1. The highest BCUT2D eigenvalue weighted by atomic mass is 16.6. The fourth-order valence-corrected chi connectivity index (χ4v) is 1.05. The van der Waals surface area contributed by atoms with Crippen LogP contribution in [0.2, 0.25) is 0 Å². The smallest absolute Gasteiger partial charge is 0.337 e. The Hall–Kier alpha value is -2.15. The van der Waals surface area contributed by atoms with Gasteiger partial charge in [0.15, 0.2) is 6.10 Å². The van der Waals surface area contributed by atoms with E-state index in [-0.39, 0.29) is 16.9 Å². The molecule has 4 N–H and O–H groups in total. The first kappa shape index (κ1) is 10.9. The van der Waals surface area contributed by atoms with Gasteiger partial charge in [0.25, 0.3) is 5.69 Å². The number of nitrogen functional groups attached to an aromatic ring is 1. The van der Waals surface area contributed by atoms with Gasteiger partial charge < -0.3 is 15.9 Å². The number of nitro benzene ring substituents is 1. The third kappa shape index (κ3) is 2.20. The van der Waals surface area contributed by atoms with E-state index in [9.17, 15) is 14.9 Å². The van der Waals surface area contributed by atoms with Gasteiger partial charge in [0.1, 0.15) is 5.69 Å². The Labute approximate surface area is 83.9 Å². The molecule has 0 radical (unpaired) electrons. The van der Waals surface area contributed by atoms with Crippen LogP contribution >= 0.6 is 0 Å². The number of benzene rings is 1. The van der Waals surface area contributed by atoms with Gasteiger partial charge in [-0.1, -0.05) is 0 Å². The summed E-state index contributed by atoms with van der Waals surface area (Å²) in [6.45, 7) is 0. The second-order valence-electron chi connectivity index (χ2n) is 2.82. The van der Waals surface area contributed by atoms with Crippen molar-refractivity contribution in [2.24, 2.45) is 0 Å². The standard InChI is InChI=1S/C8H8N2O5/c9-5-3-4(7(11)8(12)13)1-2-6(5)10(14)15/h1-3,7,11H,9H2,(H,12,13). The molecule has 0 aliphatic rings. The van der Waals surface area contributed by atoms with E-state index in [0.29, 0.717) is 0 Å². The summed E-state index contributed by atoms with van der Waals surface area (Å²) in [6, 6.07) is 3.26. The molecule has 0 spiro atoms. The molecule has 7 heteroatoms. The van der Waals surface area contributed by atoms with Gasteiger partial charge in [-0.05, 0) is 17.7 Å². The molecule has 1 unspecified atom stereocenters. The lowest BCUT2D eigenvalue weighted by Crippen LogP contribution is -2.11. The number of aliphatic hydroxyl groups is 1. The number of carboxylic acid groups (broad SMARTS) is 1. The Bertz CT molecular complexity index is 417. The Balaban J connectivity index is 3.12. The number of nitrogens with two attached hydrogens (primary N) is 1. The minimum atomic E-state index is -1.73. The predicted octanol–water partition coefficient (Wildman–Crippen LogP) is 0.295. The molecule has 0 aliphatic carbocycles. The minimum Gasteiger partial charge on any atom is -0.479 e.